The van der Waals surface area contributed by atoms with Gasteiger partial charge in [0.15, 0.2) is 0 Å². The molecule has 0 bridgehead atoms. The van der Waals surface area contributed by atoms with Gasteiger partial charge in [-0.15, -0.1) is 0 Å². The van der Waals surface area contributed by atoms with Crippen LogP contribution in [0.3, 0.4) is 0 Å². The van der Waals surface area contributed by atoms with Crippen molar-refractivity contribution in [2.75, 3.05) is 0 Å². The predicted octanol–water partition coefficient (Wildman–Crippen LogP) is 3.14. The largest absolute Gasteiger partial charge is 0.0733 e. The second kappa shape index (κ2) is 2.01. The van der Waals surface area contributed by atoms with Crippen molar-refractivity contribution in [3.05, 3.63) is 41.5 Å². The van der Waals surface area contributed by atoms with E-state index in [1.165, 1.54) is 24.8 Å². The van der Waals surface area contributed by atoms with Gasteiger partial charge >= 0.3 is 0 Å². The molecular formula is C12H12. The first kappa shape index (κ1) is 6.47. The van der Waals surface area contributed by atoms with Gasteiger partial charge in [-0.1, -0.05) is 42.8 Å². The molecule has 60 valence electrons. The number of allylic oxidation sites excluding steroid dienone is 1. The molecule has 3 rings (SSSR count). The lowest BCUT2D eigenvalue weighted by molar-refractivity contribution is 0.319. The molecule has 2 aliphatic carbocycles. The lowest BCUT2D eigenvalue weighted by Crippen LogP contribution is -2.30. The summed E-state index contributed by atoms with van der Waals surface area (Å²) in [5.74, 6) is 0. The number of hydrogen-bond acceptors (Lipinski definition) is 0. The van der Waals surface area contributed by atoms with Gasteiger partial charge in [-0.2, -0.15) is 0 Å². The first-order valence-electron chi connectivity index (χ1n) is 4.70. The Bertz CT molecular complexity index is 343. The van der Waals surface area contributed by atoms with Crippen LogP contribution in [0.15, 0.2) is 30.3 Å². The molecule has 1 aromatic rings. The Morgan fingerprint density at radius 2 is 1.92 bits per heavy atom. The highest BCUT2D eigenvalue weighted by atomic mass is 14.4. The number of benzene rings is 1. The van der Waals surface area contributed by atoms with Crippen LogP contribution in [0.5, 0.6) is 0 Å². The van der Waals surface area contributed by atoms with Crippen molar-refractivity contribution in [3.63, 3.8) is 0 Å². The first-order chi connectivity index (χ1) is 5.91. The van der Waals surface area contributed by atoms with Crippen molar-refractivity contribution in [2.45, 2.75) is 24.7 Å². The molecule has 0 heterocycles. The summed E-state index contributed by atoms with van der Waals surface area (Å²) in [5, 5.41) is 0. The summed E-state index contributed by atoms with van der Waals surface area (Å²) in [6, 6.07) is 8.79. The van der Waals surface area contributed by atoms with E-state index in [4.69, 9.17) is 0 Å². The maximum Gasteiger partial charge on any atom is 0.0141 e. The summed E-state index contributed by atoms with van der Waals surface area (Å²) in [5.41, 5.74) is 3.48. The maximum absolute atomic E-state index is 2.40. The zero-order valence-corrected chi connectivity index (χ0v) is 7.09. The molecule has 2 aliphatic rings. The fraction of sp³-hybridized carbons (Fsp3) is 0.333. The normalized spacial score (nSPS) is 22.3. The van der Waals surface area contributed by atoms with E-state index in [1.54, 1.807) is 5.56 Å². The van der Waals surface area contributed by atoms with E-state index in [0.717, 1.165) is 0 Å². The van der Waals surface area contributed by atoms with Gasteiger partial charge in [-0.05, 0) is 24.0 Å². The minimum absolute atomic E-state index is 0.469. The van der Waals surface area contributed by atoms with Gasteiger partial charge in [0.1, 0.15) is 0 Å². The average Bonchev–Trinajstić information content (AvgIpc) is 2.42. The van der Waals surface area contributed by atoms with Crippen LogP contribution in [-0.4, -0.2) is 0 Å². The summed E-state index contributed by atoms with van der Waals surface area (Å²) in [6.07, 6.45) is 8.81. The molecule has 0 unspecified atom stereocenters. The molecule has 0 nitrogen and oxygen atoms in total. The Morgan fingerprint density at radius 1 is 1.08 bits per heavy atom. The third-order valence-corrected chi connectivity index (χ3v) is 3.32. The predicted molar refractivity (Wildman–Crippen MR) is 51.0 cm³/mol. The average molecular weight is 156 g/mol. The fourth-order valence-corrected chi connectivity index (χ4v) is 2.43. The van der Waals surface area contributed by atoms with E-state index in [1.807, 2.05) is 0 Å². The van der Waals surface area contributed by atoms with E-state index in [0.29, 0.717) is 5.41 Å². The SMILES string of the molecule is C1=CC2(CCC2)c2ccccc21. The van der Waals surface area contributed by atoms with Crippen molar-refractivity contribution < 1.29 is 0 Å². The Kier molecular flexibility index (Phi) is 1.08. The summed E-state index contributed by atoms with van der Waals surface area (Å²) in [6.45, 7) is 0. The second-order valence-corrected chi connectivity index (χ2v) is 3.93. The van der Waals surface area contributed by atoms with E-state index in [-0.39, 0.29) is 0 Å². The molecule has 0 aliphatic heterocycles. The summed E-state index contributed by atoms with van der Waals surface area (Å²) < 4.78 is 0. The topological polar surface area (TPSA) is 0 Å². The molecule has 0 saturated heterocycles. The van der Waals surface area contributed by atoms with Gasteiger partial charge < -0.3 is 0 Å². The fourth-order valence-electron chi connectivity index (χ4n) is 2.43. The van der Waals surface area contributed by atoms with Gasteiger partial charge in [0.05, 0.1) is 0 Å². The quantitative estimate of drug-likeness (QED) is 0.541. The Morgan fingerprint density at radius 3 is 2.67 bits per heavy atom. The highest BCUT2D eigenvalue weighted by Gasteiger charge is 2.39. The van der Waals surface area contributed by atoms with Gasteiger partial charge in [0, 0.05) is 5.41 Å². The first-order valence-corrected chi connectivity index (χ1v) is 4.70. The molecule has 0 radical (unpaired) electrons. The molecular weight excluding hydrogens is 144 g/mol. The Hall–Kier alpha value is -1.04. The van der Waals surface area contributed by atoms with Crippen LogP contribution in [0.2, 0.25) is 0 Å². The maximum atomic E-state index is 2.40. The van der Waals surface area contributed by atoms with Crippen LogP contribution in [-0.2, 0) is 5.41 Å². The molecule has 0 heteroatoms. The van der Waals surface area contributed by atoms with Crippen LogP contribution in [0.4, 0.5) is 0 Å². The van der Waals surface area contributed by atoms with Crippen molar-refractivity contribution >= 4 is 6.08 Å². The second-order valence-electron chi connectivity index (χ2n) is 3.93. The molecule has 1 fully saturated rings. The number of fused-ring (bicyclic) bond motifs is 2. The van der Waals surface area contributed by atoms with Crippen LogP contribution < -0.4 is 0 Å². The smallest absolute Gasteiger partial charge is 0.0141 e. The highest BCUT2D eigenvalue weighted by Crippen LogP contribution is 2.49. The van der Waals surface area contributed by atoms with Crippen LogP contribution >= 0.6 is 0 Å². The molecule has 12 heavy (non-hydrogen) atoms. The lowest BCUT2D eigenvalue weighted by Gasteiger charge is -2.38. The van der Waals surface area contributed by atoms with Crippen LogP contribution in [0.1, 0.15) is 30.4 Å². The summed E-state index contributed by atoms with van der Waals surface area (Å²) >= 11 is 0. The van der Waals surface area contributed by atoms with E-state index in [9.17, 15) is 0 Å². The van der Waals surface area contributed by atoms with Crippen molar-refractivity contribution in [2.24, 2.45) is 0 Å². The zero-order valence-electron chi connectivity index (χ0n) is 7.09. The van der Waals surface area contributed by atoms with E-state index in [2.05, 4.69) is 36.4 Å². The minimum atomic E-state index is 0.469. The molecule has 0 atom stereocenters. The van der Waals surface area contributed by atoms with Crippen LogP contribution in [0.25, 0.3) is 6.08 Å². The van der Waals surface area contributed by atoms with Gasteiger partial charge in [0.25, 0.3) is 0 Å². The molecule has 0 aromatic heterocycles. The molecule has 0 N–H and O–H groups in total. The lowest BCUT2D eigenvalue weighted by atomic mass is 9.66. The molecule has 1 aromatic carbocycles. The molecule has 1 saturated carbocycles. The van der Waals surface area contributed by atoms with Crippen molar-refractivity contribution in [1.82, 2.24) is 0 Å². The van der Waals surface area contributed by atoms with E-state index >= 15 is 0 Å². The highest BCUT2D eigenvalue weighted by molar-refractivity contribution is 5.65. The van der Waals surface area contributed by atoms with Crippen molar-refractivity contribution in [3.8, 4) is 0 Å². The Labute approximate surface area is 72.9 Å². The van der Waals surface area contributed by atoms with Crippen LogP contribution in [0, 0.1) is 0 Å². The standard InChI is InChI=1S/C12H12/c1-2-5-11-10(4-1)6-9-12(11)7-3-8-12/h1-2,4-6,9H,3,7-8H2. The van der Waals surface area contributed by atoms with Crippen molar-refractivity contribution in [1.29, 1.82) is 0 Å². The Balaban J connectivity index is 2.19. The summed E-state index contributed by atoms with van der Waals surface area (Å²) in [7, 11) is 0. The van der Waals surface area contributed by atoms with Gasteiger partial charge in [-0.25, -0.2) is 0 Å². The van der Waals surface area contributed by atoms with Gasteiger partial charge in [-0.3, -0.25) is 0 Å². The zero-order chi connectivity index (χ0) is 8.02. The van der Waals surface area contributed by atoms with E-state index < -0.39 is 0 Å². The minimum Gasteiger partial charge on any atom is -0.0733 e. The monoisotopic (exact) mass is 156 g/mol. The number of rotatable bonds is 0. The van der Waals surface area contributed by atoms with Gasteiger partial charge in [0.2, 0.25) is 0 Å². The molecule has 0 amide bonds. The molecule has 1 spiro atoms. The third-order valence-electron chi connectivity index (χ3n) is 3.32. The number of hydrogen-bond donors (Lipinski definition) is 0. The third kappa shape index (κ3) is 0.632. The summed E-state index contributed by atoms with van der Waals surface area (Å²) in [4.78, 5) is 0.